The van der Waals surface area contributed by atoms with Crippen LogP contribution < -0.4 is 5.43 Å². The van der Waals surface area contributed by atoms with Gasteiger partial charge < -0.3 is 9.52 Å². The fraction of sp³-hybridized carbons (Fsp3) is 0.353. The summed E-state index contributed by atoms with van der Waals surface area (Å²) < 4.78 is 5.27. The fourth-order valence-corrected chi connectivity index (χ4v) is 3.72. The Hall–Kier alpha value is -1.72. The molecule has 5 heteroatoms. The summed E-state index contributed by atoms with van der Waals surface area (Å²) in [7, 11) is 0. The summed E-state index contributed by atoms with van der Waals surface area (Å²) in [6.07, 6.45) is 2.29. The molecule has 4 nitrogen and oxygen atoms in total. The molecule has 2 heterocycles. The molecule has 1 fully saturated rings. The van der Waals surface area contributed by atoms with E-state index in [0.29, 0.717) is 18.2 Å². The maximum Gasteiger partial charge on any atom is 0.226 e. The first-order valence-electron chi connectivity index (χ1n) is 7.41. The van der Waals surface area contributed by atoms with Gasteiger partial charge >= 0.3 is 0 Å². The summed E-state index contributed by atoms with van der Waals surface area (Å²) in [5.74, 6) is 2.05. The first-order valence-corrected chi connectivity index (χ1v) is 8.40. The molecule has 0 amide bonds. The van der Waals surface area contributed by atoms with E-state index in [9.17, 15) is 9.90 Å². The molecule has 116 valence electrons. The highest BCUT2D eigenvalue weighted by Crippen LogP contribution is 2.26. The van der Waals surface area contributed by atoms with E-state index in [1.165, 1.54) is 17.4 Å². The summed E-state index contributed by atoms with van der Waals surface area (Å²) in [4.78, 5) is 15.0. The van der Waals surface area contributed by atoms with Gasteiger partial charge in [-0.25, -0.2) is 0 Å². The molecule has 0 spiro atoms. The lowest BCUT2D eigenvalue weighted by atomic mass is 10.2. The highest BCUT2D eigenvalue weighted by atomic mass is 32.2. The Bertz CT molecular complexity index is 671. The van der Waals surface area contributed by atoms with Gasteiger partial charge in [0.2, 0.25) is 5.43 Å². The van der Waals surface area contributed by atoms with E-state index in [1.54, 1.807) is 0 Å². The number of hydrogen-bond donors (Lipinski definition) is 1. The number of likely N-dealkylation sites (tertiary alicyclic amines) is 1. The van der Waals surface area contributed by atoms with Crippen molar-refractivity contribution < 1.29 is 9.52 Å². The molecule has 1 N–H and O–H groups in total. The van der Waals surface area contributed by atoms with Crippen LogP contribution in [0.1, 0.15) is 12.2 Å². The van der Waals surface area contributed by atoms with Crippen LogP contribution in [0, 0.1) is 5.92 Å². The van der Waals surface area contributed by atoms with Crippen molar-refractivity contribution in [1.29, 1.82) is 0 Å². The average molecular weight is 317 g/mol. The van der Waals surface area contributed by atoms with Crippen molar-refractivity contribution in [3.63, 3.8) is 0 Å². The van der Waals surface area contributed by atoms with Gasteiger partial charge in [-0.2, -0.15) is 0 Å². The van der Waals surface area contributed by atoms with Crippen LogP contribution in [0.15, 0.2) is 56.8 Å². The standard InChI is InChI=1S/C17H19NO3S/c19-16-8-14(21-11-17(16)20)10-18-7-6-13(9-18)12-22-15-4-2-1-3-5-15/h1-5,8,11,13,20H,6-7,9-10,12H2/t13-/m1/s1. The zero-order chi connectivity index (χ0) is 15.4. The van der Waals surface area contributed by atoms with Gasteiger partial charge in [0.25, 0.3) is 0 Å². The van der Waals surface area contributed by atoms with Gasteiger partial charge in [-0.3, -0.25) is 9.69 Å². The van der Waals surface area contributed by atoms with Gasteiger partial charge in [-0.05, 0) is 31.0 Å². The molecule has 22 heavy (non-hydrogen) atoms. The Morgan fingerprint density at radius 2 is 2.14 bits per heavy atom. The average Bonchev–Trinajstić information content (AvgIpc) is 2.97. The monoisotopic (exact) mass is 317 g/mol. The molecule has 1 aromatic heterocycles. The topological polar surface area (TPSA) is 53.7 Å². The third-order valence-electron chi connectivity index (χ3n) is 3.84. The van der Waals surface area contributed by atoms with E-state index in [0.717, 1.165) is 25.1 Å². The van der Waals surface area contributed by atoms with Gasteiger partial charge in [0.1, 0.15) is 12.0 Å². The maximum absolute atomic E-state index is 11.4. The van der Waals surface area contributed by atoms with Gasteiger partial charge in [0.05, 0.1) is 6.54 Å². The second kappa shape index (κ2) is 7.03. The van der Waals surface area contributed by atoms with E-state index in [1.807, 2.05) is 17.8 Å². The van der Waals surface area contributed by atoms with Crippen molar-refractivity contribution in [2.75, 3.05) is 18.8 Å². The number of aromatic hydroxyl groups is 1. The normalized spacial score (nSPS) is 18.6. The summed E-state index contributed by atoms with van der Waals surface area (Å²) in [5.41, 5.74) is -0.378. The van der Waals surface area contributed by atoms with Crippen LogP contribution in [-0.4, -0.2) is 28.8 Å². The lowest BCUT2D eigenvalue weighted by Gasteiger charge is -2.15. The molecule has 1 aliphatic heterocycles. The van der Waals surface area contributed by atoms with Crippen LogP contribution in [0.3, 0.4) is 0 Å². The predicted molar refractivity (Wildman–Crippen MR) is 87.2 cm³/mol. The van der Waals surface area contributed by atoms with Crippen LogP contribution in [0.4, 0.5) is 0 Å². The fourth-order valence-electron chi connectivity index (χ4n) is 2.67. The number of benzene rings is 1. The number of thioether (sulfide) groups is 1. The number of nitrogens with zero attached hydrogens (tertiary/aromatic N) is 1. The molecule has 1 aliphatic rings. The second-order valence-corrected chi connectivity index (χ2v) is 6.70. The summed E-state index contributed by atoms with van der Waals surface area (Å²) in [6, 6.07) is 11.8. The van der Waals surface area contributed by atoms with E-state index in [-0.39, 0.29) is 11.2 Å². The first kappa shape index (κ1) is 15.2. The van der Waals surface area contributed by atoms with E-state index >= 15 is 0 Å². The molecular formula is C17H19NO3S. The molecule has 0 bridgehead atoms. The molecule has 0 radical (unpaired) electrons. The Morgan fingerprint density at radius 1 is 1.32 bits per heavy atom. The Labute approximate surface area is 133 Å². The van der Waals surface area contributed by atoms with Crippen molar-refractivity contribution in [2.45, 2.75) is 17.9 Å². The smallest absolute Gasteiger partial charge is 0.226 e. The predicted octanol–water partition coefficient (Wildman–Crippen LogP) is 2.96. The van der Waals surface area contributed by atoms with Crippen molar-refractivity contribution in [1.82, 2.24) is 4.90 Å². The largest absolute Gasteiger partial charge is 0.502 e. The van der Waals surface area contributed by atoms with Gasteiger partial charge in [0, 0.05) is 23.3 Å². The van der Waals surface area contributed by atoms with Gasteiger partial charge in [-0.15, -0.1) is 11.8 Å². The molecular weight excluding hydrogens is 298 g/mol. The first-order chi connectivity index (χ1) is 10.7. The zero-order valence-electron chi connectivity index (χ0n) is 12.3. The van der Waals surface area contributed by atoms with Crippen LogP contribution in [-0.2, 0) is 6.54 Å². The SMILES string of the molecule is O=c1cc(CN2CC[C@@H](CSc3ccccc3)C2)occ1O. The van der Waals surface area contributed by atoms with Crippen LogP contribution in [0.2, 0.25) is 0 Å². The zero-order valence-corrected chi connectivity index (χ0v) is 13.1. The highest BCUT2D eigenvalue weighted by Gasteiger charge is 2.23. The lowest BCUT2D eigenvalue weighted by molar-refractivity contribution is 0.282. The molecule has 3 rings (SSSR count). The number of hydrogen-bond acceptors (Lipinski definition) is 5. The van der Waals surface area contributed by atoms with Gasteiger partial charge in [0.15, 0.2) is 5.75 Å². The van der Waals surface area contributed by atoms with Crippen molar-refractivity contribution in [2.24, 2.45) is 5.92 Å². The summed E-state index contributed by atoms with van der Waals surface area (Å²) >= 11 is 1.90. The number of rotatable bonds is 5. The highest BCUT2D eigenvalue weighted by molar-refractivity contribution is 7.99. The quantitative estimate of drug-likeness (QED) is 0.859. The molecule has 1 saturated heterocycles. The third kappa shape index (κ3) is 3.93. The lowest BCUT2D eigenvalue weighted by Crippen LogP contribution is -2.21. The minimum Gasteiger partial charge on any atom is -0.502 e. The maximum atomic E-state index is 11.4. The Balaban J connectivity index is 1.49. The Morgan fingerprint density at radius 3 is 2.91 bits per heavy atom. The second-order valence-electron chi connectivity index (χ2n) is 5.61. The van der Waals surface area contributed by atoms with Crippen molar-refractivity contribution >= 4 is 11.8 Å². The van der Waals surface area contributed by atoms with Crippen LogP contribution in [0.25, 0.3) is 0 Å². The molecule has 0 aliphatic carbocycles. The van der Waals surface area contributed by atoms with E-state index < -0.39 is 0 Å². The van der Waals surface area contributed by atoms with E-state index in [2.05, 4.69) is 29.2 Å². The van der Waals surface area contributed by atoms with Crippen LogP contribution >= 0.6 is 11.8 Å². The van der Waals surface area contributed by atoms with Crippen LogP contribution in [0.5, 0.6) is 5.75 Å². The molecule has 2 aromatic rings. The molecule has 0 unspecified atom stereocenters. The summed E-state index contributed by atoms with van der Waals surface area (Å²) in [6.45, 7) is 2.66. The van der Waals surface area contributed by atoms with Gasteiger partial charge in [-0.1, -0.05) is 18.2 Å². The Kier molecular flexibility index (Phi) is 4.85. The molecule has 1 aromatic carbocycles. The summed E-state index contributed by atoms with van der Waals surface area (Å²) in [5, 5.41) is 9.20. The molecule has 0 saturated carbocycles. The van der Waals surface area contributed by atoms with E-state index in [4.69, 9.17) is 4.42 Å². The minimum atomic E-state index is -0.378. The third-order valence-corrected chi connectivity index (χ3v) is 5.09. The van der Waals surface area contributed by atoms with Crippen molar-refractivity contribution in [3.05, 3.63) is 58.6 Å². The minimum absolute atomic E-state index is 0.331. The van der Waals surface area contributed by atoms with Crippen molar-refractivity contribution in [3.8, 4) is 5.75 Å². The molecule has 1 atom stereocenters.